The van der Waals surface area contributed by atoms with Gasteiger partial charge < -0.3 is 0 Å². The number of benzene rings is 1. The van der Waals surface area contributed by atoms with Gasteiger partial charge in [0, 0.05) is 29.4 Å². The molecular weight excluding hydrogens is 320 g/mol. The minimum Gasteiger partial charge on any atom is -0.299 e. The van der Waals surface area contributed by atoms with Crippen LogP contribution in [-0.2, 0) is 22.0 Å². The summed E-state index contributed by atoms with van der Waals surface area (Å²) in [6, 6.07) is 10.7. The third-order valence-electron chi connectivity index (χ3n) is 6.48. The standard InChI is InChI=1S/C23H28N2O/c1-15-18-11-10-16-14-24-21(22(2,3)4)25-20(16)23(18,13-12-19(15)26)17-8-6-5-7-9-17/h5-9,14-15,18H,10-13H2,1-4H3/t15-,18-,23+/m0/s1. The Morgan fingerprint density at radius 1 is 1.12 bits per heavy atom. The molecule has 0 saturated heterocycles. The highest BCUT2D eigenvalue weighted by atomic mass is 16.1. The van der Waals surface area contributed by atoms with Crippen molar-refractivity contribution in [2.75, 3.05) is 0 Å². The lowest BCUT2D eigenvalue weighted by Gasteiger charge is -2.50. The summed E-state index contributed by atoms with van der Waals surface area (Å²) in [4.78, 5) is 22.4. The van der Waals surface area contributed by atoms with E-state index < -0.39 is 0 Å². The molecule has 1 aromatic carbocycles. The van der Waals surface area contributed by atoms with Crippen LogP contribution in [0.4, 0.5) is 0 Å². The van der Waals surface area contributed by atoms with Crippen molar-refractivity contribution in [2.24, 2.45) is 11.8 Å². The summed E-state index contributed by atoms with van der Waals surface area (Å²) in [7, 11) is 0. The molecule has 136 valence electrons. The van der Waals surface area contributed by atoms with Crippen molar-refractivity contribution in [3.63, 3.8) is 0 Å². The van der Waals surface area contributed by atoms with Gasteiger partial charge in [-0.15, -0.1) is 0 Å². The summed E-state index contributed by atoms with van der Waals surface area (Å²) in [6.07, 6.45) is 5.55. The maximum absolute atomic E-state index is 12.5. The molecule has 0 N–H and O–H groups in total. The number of hydrogen-bond donors (Lipinski definition) is 0. The molecule has 3 nitrogen and oxygen atoms in total. The molecule has 0 radical (unpaired) electrons. The number of aryl methyl sites for hydroxylation is 1. The summed E-state index contributed by atoms with van der Waals surface area (Å²) in [5.74, 6) is 1.72. The van der Waals surface area contributed by atoms with E-state index in [4.69, 9.17) is 4.98 Å². The Bertz CT molecular complexity index is 837. The van der Waals surface area contributed by atoms with Gasteiger partial charge in [0.15, 0.2) is 0 Å². The fourth-order valence-electron chi connectivity index (χ4n) is 5.05. The smallest absolute Gasteiger partial charge is 0.136 e. The molecule has 2 aromatic rings. The molecule has 1 aromatic heterocycles. The van der Waals surface area contributed by atoms with Gasteiger partial charge in [-0.25, -0.2) is 9.97 Å². The third kappa shape index (κ3) is 2.52. The number of Topliss-reactive ketones (excluding diaryl/α,β-unsaturated/α-hetero) is 1. The van der Waals surface area contributed by atoms with E-state index in [0.717, 1.165) is 25.1 Å². The number of carbonyl (C=O) groups is 1. The van der Waals surface area contributed by atoms with Crippen molar-refractivity contribution in [2.45, 2.75) is 64.2 Å². The molecule has 1 saturated carbocycles. The molecule has 0 bridgehead atoms. The predicted octanol–water partition coefficient (Wildman–Crippen LogP) is 4.62. The number of rotatable bonds is 1. The molecule has 1 fully saturated rings. The molecule has 2 aliphatic carbocycles. The van der Waals surface area contributed by atoms with Crippen LogP contribution >= 0.6 is 0 Å². The number of fused-ring (bicyclic) bond motifs is 3. The molecule has 3 heteroatoms. The monoisotopic (exact) mass is 348 g/mol. The zero-order chi connectivity index (χ0) is 18.5. The minimum absolute atomic E-state index is 0.0873. The Balaban J connectivity index is 1.98. The van der Waals surface area contributed by atoms with E-state index in [1.165, 1.54) is 16.8 Å². The van der Waals surface area contributed by atoms with E-state index in [9.17, 15) is 4.79 Å². The van der Waals surface area contributed by atoms with Gasteiger partial charge in [0.05, 0.1) is 5.69 Å². The van der Waals surface area contributed by atoms with Crippen LogP contribution in [0.3, 0.4) is 0 Å². The van der Waals surface area contributed by atoms with Crippen LogP contribution in [0, 0.1) is 11.8 Å². The maximum Gasteiger partial charge on any atom is 0.136 e. The van der Waals surface area contributed by atoms with Crippen LogP contribution in [0.15, 0.2) is 36.5 Å². The van der Waals surface area contributed by atoms with Crippen molar-refractivity contribution in [3.8, 4) is 0 Å². The second kappa shape index (κ2) is 6.00. The van der Waals surface area contributed by atoms with E-state index in [2.05, 4.69) is 63.0 Å². The average molecular weight is 348 g/mol. The van der Waals surface area contributed by atoms with Crippen LogP contribution in [0.1, 0.15) is 69.6 Å². The van der Waals surface area contributed by atoms with E-state index in [1.54, 1.807) is 0 Å². The van der Waals surface area contributed by atoms with Gasteiger partial charge in [-0.2, -0.15) is 0 Å². The lowest BCUT2D eigenvalue weighted by atomic mass is 9.53. The van der Waals surface area contributed by atoms with Crippen LogP contribution in [0.2, 0.25) is 0 Å². The molecule has 0 aliphatic heterocycles. The zero-order valence-corrected chi connectivity index (χ0v) is 16.2. The van der Waals surface area contributed by atoms with Crippen molar-refractivity contribution >= 4 is 5.78 Å². The van der Waals surface area contributed by atoms with Crippen LogP contribution in [0.25, 0.3) is 0 Å². The van der Waals surface area contributed by atoms with Gasteiger partial charge >= 0.3 is 0 Å². The van der Waals surface area contributed by atoms with Crippen molar-refractivity contribution in [1.82, 2.24) is 9.97 Å². The number of nitrogens with zero attached hydrogens (tertiary/aromatic N) is 2. The minimum atomic E-state index is -0.162. The molecule has 0 amide bonds. The molecule has 0 unspecified atom stereocenters. The first kappa shape index (κ1) is 17.4. The van der Waals surface area contributed by atoms with Gasteiger partial charge in [-0.3, -0.25) is 4.79 Å². The quantitative estimate of drug-likeness (QED) is 0.755. The first-order valence-electron chi connectivity index (χ1n) is 9.79. The second-order valence-electron chi connectivity index (χ2n) is 9.05. The molecule has 0 spiro atoms. The summed E-state index contributed by atoms with van der Waals surface area (Å²) in [5, 5.41) is 0. The maximum atomic E-state index is 12.5. The highest BCUT2D eigenvalue weighted by Crippen LogP contribution is 2.54. The number of aromatic nitrogens is 2. The van der Waals surface area contributed by atoms with Crippen LogP contribution in [0.5, 0.6) is 0 Å². The largest absolute Gasteiger partial charge is 0.299 e. The fourth-order valence-corrected chi connectivity index (χ4v) is 5.05. The van der Waals surface area contributed by atoms with E-state index in [1.807, 2.05) is 6.20 Å². The Morgan fingerprint density at radius 3 is 2.54 bits per heavy atom. The molecule has 3 atom stereocenters. The first-order valence-corrected chi connectivity index (χ1v) is 9.79. The van der Waals surface area contributed by atoms with E-state index in [0.29, 0.717) is 18.1 Å². The number of ketones is 1. The Kier molecular flexibility index (Phi) is 4.02. The summed E-state index contributed by atoms with van der Waals surface area (Å²) in [6.45, 7) is 8.62. The predicted molar refractivity (Wildman–Crippen MR) is 103 cm³/mol. The average Bonchev–Trinajstić information content (AvgIpc) is 2.64. The number of hydrogen-bond acceptors (Lipinski definition) is 3. The van der Waals surface area contributed by atoms with Gasteiger partial charge in [0.2, 0.25) is 0 Å². The second-order valence-corrected chi connectivity index (χ2v) is 9.05. The molecule has 2 aliphatic rings. The van der Waals surface area contributed by atoms with Gasteiger partial charge in [-0.1, -0.05) is 58.0 Å². The van der Waals surface area contributed by atoms with Gasteiger partial charge in [-0.05, 0) is 36.3 Å². The molecule has 26 heavy (non-hydrogen) atoms. The summed E-state index contributed by atoms with van der Waals surface area (Å²) >= 11 is 0. The SMILES string of the molecule is C[C@@H]1C(=O)CC[C@]2(c3ccccc3)c3nc(C(C)(C)C)ncc3CC[C@@H]12. The Hall–Kier alpha value is -2.03. The normalized spacial score (nSPS) is 28.4. The van der Waals surface area contributed by atoms with Gasteiger partial charge in [0.25, 0.3) is 0 Å². The summed E-state index contributed by atoms with van der Waals surface area (Å²) < 4.78 is 0. The lowest BCUT2D eigenvalue weighted by molar-refractivity contribution is -0.128. The number of carbonyl (C=O) groups excluding carboxylic acids is 1. The Morgan fingerprint density at radius 2 is 1.85 bits per heavy atom. The first-order chi connectivity index (χ1) is 12.3. The van der Waals surface area contributed by atoms with Crippen molar-refractivity contribution < 1.29 is 4.79 Å². The van der Waals surface area contributed by atoms with Gasteiger partial charge in [0.1, 0.15) is 11.6 Å². The van der Waals surface area contributed by atoms with Crippen molar-refractivity contribution in [1.29, 1.82) is 0 Å². The highest BCUT2D eigenvalue weighted by Gasteiger charge is 2.53. The third-order valence-corrected chi connectivity index (χ3v) is 6.48. The highest BCUT2D eigenvalue weighted by molar-refractivity contribution is 5.83. The van der Waals surface area contributed by atoms with E-state index >= 15 is 0 Å². The van der Waals surface area contributed by atoms with E-state index in [-0.39, 0.29) is 16.7 Å². The molecule has 1 heterocycles. The molecule has 4 rings (SSSR count). The fraction of sp³-hybridized carbons (Fsp3) is 0.522. The summed E-state index contributed by atoms with van der Waals surface area (Å²) in [5.41, 5.74) is 3.50. The van der Waals surface area contributed by atoms with Crippen molar-refractivity contribution in [3.05, 3.63) is 59.2 Å². The molecular formula is C23H28N2O. The van der Waals surface area contributed by atoms with Crippen LogP contribution in [-0.4, -0.2) is 15.8 Å². The zero-order valence-electron chi connectivity index (χ0n) is 16.2. The lowest BCUT2D eigenvalue weighted by Crippen LogP contribution is -2.50. The Labute approximate surface area is 156 Å². The topological polar surface area (TPSA) is 42.9 Å². The van der Waals surface area contributed by atoms with Crippen LogP contribution < -0.4 is 0 Å².